The van der Waals surface area contributed by atoms with E-state index >= 15 is 0 Å². The van der Waals surface area contributed by atoms with Gasteiger partial charge in [-0.15, -0.1) is 11.3 Å². The number of carbonyl (C=O) groups excluding carboxylic acids is 2. The SMILES string of the molecule is O=C(CCC(=O)N1CCc2sccc2C1)NC1CCN(CC2CCCC2)CC1. The lowest BCUT2D eigenvalue weighted by Gasteiger charge is -2.34. The van der Waals surface area contributed by atoms with Gasteiger partial charge in [-0.2, -0.15) is 0 Å². The number of nitrogens with zero attached hydrogens (tertiary/aromatic N) is 2. The largest absolute Gasteiger partial charge is 0.353 e. The highest BCUT2D eigenvalue weighted by molar-refractivity contribution is 7.10. The number of amides is 2. The van der Waals surface area contributed by atoms with Gasteiger partial charge in [-0.25, -0.2) is 0 Å². The van der Waals surface area contributed by atoms with Gasteiger partial charge in [0.05, 0.1) is 0 Å². The van der Waals surface area contributed by atoms with Crippen LogP contribution in [0.5, 0.6) is 0 Å². The lowest BCUT2D eigenvalue weighted by Crippen LogP contribution is -2.45. The van der Waals surface area contributed by atoms with Crippen LogP contribution in [0.2, 0.25) is 0 Å². The minimum absolute atomic E-state index is 0.0378. The number of fused-ring (bicyclic) bond motifs is 1. The normalized spacial score (nSPS) is 21.6. The molecule has 0 aromatic carbocycles. The van der Waals surface area contributed by atoms with Gasteiger partial charge in [0.1, 0.15) is 0 Å². The molecule has 2 aliphatic heterocycles. The van der Waals surface area contributed by atoms with Crippen LogP contribution in [0.1, 0.15) is 61.8 Å². The van der Waals surface area contributed by atoms with Gasteiger partial charge < -0.3 is 15.1 Å². The van der Waals surface area contributed by atoms with E-state index in [1.807, 2.05) is 4.90 Å². The first-order valence-electron chi connectivity index (χ1n) is 11.0. The molecule has 1 aromatic rings. The molecule has 3 aliphatic rings. The topological polar surface area (TPSA) is 52.7 Å². The second-order valence-electron chi connectivity index (χ2n) is 8.73. The van der Waals surface area contributed by atoms with E-state index in [-0.39, 0.29) is 17.9 Å². The zero-order valence-corrected chi connectivity index (χ0v) is 17.6. The maximum Gasteiger partial charge on any atom is 0.223 e. The molecule has 4 rings (SSSR count). The molecule has 1 saturated heterocycles. The van der Waals surface area contributed by atoms with Gasteiger partial charge in [-0.05, 0) is 55.0 Å². The monoisotopic (exact) mass is 403 g/mol. The summed E-state index contributed by atoms with van der Waals surface area (Å²) in [7, 11) is 0. The Morgan fingerprint density at radius 3 is 2.64 bits per heavy atom. The summed E-state index contributed by atoms with van der Waals surface area (Å²) in [6.07, 6.45) is 9.28. The summed E-state index contributed by atoms with van der Waals surface area (Å²) in [5.74, 6) is 1.05. The molecule has 5 nitrogen and oxygen atoms in total. The van der Waals surface area contributed by atoms with E-state index in [0.717, 1.165) is 44.8 Å². The quantitative estimate of drug-likeness (QED) is 0.794. The summed E-state index contributed by atoms with van der Waals surface area (Å²) in [6, 6.07) is 2.40. The number of thiophene rings is 1. The molecule has 2 fully saturated rings. The van der Waals surface area contributed by atoms with Crippen LogP contribution >= 0.6 is 11.3 Å². The summed E-state index contributed by atoms with van der Waals surface area (Å²) >= 11 is 1.78. The van der Waals surface area contributed by atoms with Gasteiger partial charge in [-0.1, -0.05) is 12.8 Å². The van der Waals surface area contributed by atoms with E-state index in [1.165, 1.54) is 42.7 Å². The molecule has 0 unspecified atom stereocenters. The van der Waals surface area contributed by atoms with Gasteiger partial charge in [0, 0.05) is 56.5 Å². The maximum absolute atomic E-state index is 12.5. The van der Waals surface area contributed by atoms with E-state index in [1.54, 1.807) is 11.3 Å². The zero-order chi connectivity index (χ0) is 19.3. The number of piperidine rings is 1. The molecule has 0 atom stereocenters. The first kappa shape index (κ1) is 19.9. The van der Waals surface area contributed by atoms with Crippen LogP contribution in [0.4, 0.5) is 0 Å². The van der Waals surface area contributed by atoms with Crippen LogP contribution in [0.25, 0.3) is 0 Å². The van der Waals surface area contributed by atoms with Crippen LogP contribution in [0, 0.1) is 5.92 Å². The molecular weight excluding hydrogens is 370 g/mol. The van der Waals surface area contributed by atoms with Crippen molar-refractivity contribution in [1.29, 1.82) is 0 Å². The van der Waals surface area contributed by atoms with Gasteiger partial charge in [-0.3, -0.25) is 9.59 Å². The fourth-order valence-corrected chi connectivity index (χ4v) is 5.85. The van der Waals surface area contributed by atoms with Crippen molar-refractivity contribution in [2.45, 2.75) is 70.4 Å². The predicted octanol–water partition coefficient (Wildman–Crippen LogP) is 3.18. The van der Waals surface area contributed by atoms with Crippen LogP contribution in [-0.2, 0) is 22.6 Å². The lowest BCUT2D eigenvalue weighted by atomic mass is 10.0. The highest BCUT2D eigenvalue weighted by Crippen LogP contribution is 2.27. The van der Waals surface area contributed by atoms with E-state index in [4.69, 9.17) is 0 Å². The summed E-state index contributed by atoms with van der Waals surface area (Å²) in [5.41, 5.74) is 1.28. The molecule has 3 heterocycles. The highest BCUT2D eigenvalue weighted by Gasteiger charge is 2.25. The molecule has 0 bridgehead atoms. The van der Waals surface area contributed by atoms with Crippen LogP contribution < -0.4 is 5.32 Å². The zero-order valence-electron chi connectivity index (χ0n) is 16.8. The van der Waals surface area contributed by atoms with E-state index in [0.29, 0.717) is 19.4 Å². The number of hydrogen-bond acceptors (Lipinski definition) is 4. The van der Waals surface area contributed by atoms with E-state index in [2.05, 4.69) is 21.7 Å². The Hall–Kier alpha value is -1.40. The Labute approximate surface area is 172 Å². The van der Waals surface area contributed by atoms with Crippen molar-refractivity contribution in [1.82, 2.24) is 15.1 Å². The molecule has 28 heavy (non-hydrogen) atoms. The fourth-order valence-electron chi connectivity index (χ4n) is 4.96. The van der Waals surface area contributed by atoms with Crippen molar-refractivity contribution >= 4 is 23.2 Å². The number of rotatable bonds is 6. The third-order valence-electron chi connectivity index (χ3n) is 6.67. The van der Waals surface area contributed by atoms with Gasteiger partial charge in [0.25, 0.3) is 0 Å². The third-order valence-corrected chi connectivity index (χ3v) is 7.69. The van der Waals surface area contributed by atoms with E-state index < -0.39 is 0 Å². The summed E-state index contributed by atoms with van der Waals surface area (Å²) < 4.78 is 0. The highest BCUT2D eigenvalue weighted by atomic mass is 32.1. The number of likely N-dealkylation sites (tertiary alicyclic amines) is 1. The molecule has 1 aliphatic carbocycles. The number of carbonyl (C=O) groups is 2. The fraction of sp³-hybridized carbons (Fsp3) is 0.727. The molecule has 1 N–H and O–H groups in total. The molecule has 1 saturated carbocycles. The van der Waals surface area contributed by atoms with Crippen molar-refractivity contribution < 1.29 is 9.59 Å². The second-order valence-corrected chi connectivity index (χ2v) is 9.73. The Bertz CT molecular complexity index is 675. The number of nitrogens with one attached hydrogen (secondary N) is 1. The summed E-state index contributed by atoms with van der Waals surface area (Å²) in [6.45, 7) is 4.93. The van der Waals surface area contributed by atoms with Crippen molar-refractivity contribution in [2.24, 2.45) is 5.92 Å². The van der Waals surface area contributed by atoms with Crippen LogP contribution in [0.3, 0.4) is 0 Å². The first-order chi connectivity index (χ1) is 13.7. The van der Waals surface area contributed by atoms with E-state index in [9.17, 15) is 9.59 Å². The van der Waals surface area contributed by atoms with Crippen molar-refractivity contribution in [2.75, 3.05) is 26.2 Å². The van der Waals surface area contributed by atoms with Crippen molar-refractivity contribution in [3.05, 3.63) is 21.9 Å². The number of hydrogen-bond donors (Lipinski definition) is 1. The predicted molar refractivity (Wildman–Crippen MR) is 112 cm³/mol. The molecular formula is C22H33N3O2S. The molecule has 0 spiro atoms. The Morgan fingerprint density at radius 1 is 1.07 bits per heavy atom. The average molecular weight is 404 g/mol. The molecule has 2 amide bonds. The Balaban J connectivity index is 1.13. The van der Waals surface area contributed by atoms with Gasteiger partial charge in [0.15, 0.2) is 0 Å². The Morgan fingerprint density at radius 2 is 1.86 bits per heavy atom. The molecule has 6 heteroatoms. The van der Waals surface area contributed by atoms with Crippen LogP contribution in [-0.4, -0.2) is 53.8 Å². The Kier molecular flexibility index (Phi) is 6.68. The van der Waals surface area contributed by atoms with Gasteiger partial charge in [0.2, 0.25) is 11.8 Å². The van der Waals surface area contributed by atoms with Gasteiger partial charge >= 0.3 is 0 Å². The lowest BCUT2D eigenvalue weighted by molar-refractivity contribution is -0.134. The average Bonchev–Trinajstić information content (AvgIpc) is 3.38. The van der Waals surface area contributed by atoms with Crippen LogP contribution in [0.15, 0.2) is 11.4 Å². The molecule has 0 radical (unpaired) electrons. The first-order valence-corrected chi connectivity index (χ1v) is 11.9. The molecule has 154 valence electrons. The van der Waals surface area contributed by atoms with Crippen molar-refractivity contribution in [3.8, 4) is 0 Å². The summed E-state index contributed by atoms with van der Waals surface area (Å²) in [5, 5.41) is 5.27. The minimum Gasteiger partial charge on any atom is -0.353 e. The minimum atomic E-state index is 0.0378. The smallest absolute Gasteiger partial charge is 0.223 e. The second kappa shape index (κ2) is 9.40. The standard InChI is InChI=1S/C22H33N3O2S/c26-21(5-6-22(27)25-13-9-20-18(16-25)10-14-28-20)23-19-7-11-24(12-8-19)15-17-3-1-2-4-17/h10,14,17,19H,1-9,11-13,15-16H2,(H,23,26). The van der Waals surface area contributed by atoms with Crippen molar-refractivity contribution in [3.63, 3.8) is 0 Å². The third kappa shape index (κ3) is 5.15. The maximum atomic E-state index is 12.5. The molecule has 1 aromatic heterocycles. The summed E-state index contributed by atoms with van der Waals surface area (Å²) in [4.78, 5) is 30.7.